The molecule has 0 radical (unpaired) electrons. The normalized spacial score (nSPS) is 13.4. The first-order valence-electron chi connectivity index (χ1n) is 7.52. The van der Waals surface area contributed by atoms with Crippen LogP contribution in [-0.2, 0) is 12.0 Å². The van der Waals surface area contributed by atoms with Gasteiger partial charge in [0, 0.05) is 12.0 Å². The van der Waals surface area contributed by atoms with Crippen molar-refractivity contribution in [3.63, 3.8) is 0 Å². The number of halogens is 1. The molecule has 0 aliphatic rings. The number of nitrogens with one attached hydrogen (secondary N) is 1. The number of benzene rings is 1. The van der Waals surface area contributed by atoms with Crippen LogP contribution in [-0.4, -0.2) is 16.3 Å². The molecule has 1 aromatic heterocycles. The minimum absolute atomic E-state index is 0.0894. The maximum absolute atomic E-state index is 6.42. The Bertz CT molecular complexity index is 575. The molecule has 1 heterocycles. The van der Waals surface area contributed by atoms with E-state index in [1.807, 2.05) is 10.7 Å². The summed E-state index contributed by atoms with van der Waals surface area (Å²) in [7, 11) is 0. The number of hydrogen-bond donors (Lipinski definition) is 1. The number of hydrogen-bond acceptors (Lipinski definition) is 2. The summed E-state index contributed by atoms with van der Waals surface area (Å²) in [5.74, 6) is 0. The van der Waals surface area contributed by atoms with E-state index >= 15 is 0 Å². The van der Waals surface area contributed by atoms with Gasteiger partial charge in [0.05, 0.1) is 23.0 Å². The summed E-state index contributed by atoms with van der Waals surface area (Å²) in [6.45, 7) is 10.4. The minimum atomic E-state index is -0.0894. The van der Waals surface area contributed by atoms with Crippen molar-refractivity contribution in [1.29, 1.82) is 0 Å². The highest BCUT2D eigenvalue weighted by Gasteiger charge is 2.35. The number of nitrogens with zero attached hydrogens (tertiary/aromatic N) is 2. The predicted molar refractivity (Wildman–Crippen MR) is 88.8 cm³/mol. The van der Waals surface area contributed by atoms with Crippen LogP contribution in [0.15, 0.2) is 36.5 Å². The van der Waals surface area contributed by atoms with Crippen LogP contribution in [0.4, 0.5) is 0 Å². The number of likely N-dealkylation sites (N-methyl/N-ethyl adjacent to an activating group) is 1. The zero-order chi connectivity index (χ0) is 15.5. The van der Waals surface area contributed by atoms with Gasteiger partial charge in [0.15, 0.2) is 0 Å². The van der Waals surface area contributed by atoms with Crippen molar-refractivity contribution >= 4 is 11.6 Å². The molecule has 1 atom stereocenters. The molecule has 3 nitrogen and oxygen atoms in total. The lowest BCUT2D eigenvalue weighted by molar-refractivity contribution is 0.333. The highest BCUT2D eigenvalue weighted by molar-refractivity contribution is 6.31. The second-order valence-electron chi connectivity index (χ2n) is 5.77. The average molecular weight is 306 g/mol. The Balaban J connectivity index is 2.50. The van der Waals surface area contributed by atoms with Gasteiger partial charge in [-0.15, -0.1) is 0 Å². The largest absolute Gasteiger partial charge is 0.308 e. The van der Waals surface area contributed by atoms with E-state index in [9.17, 15) is 0 Å². The molecular formula is C17H24ClN3. The monoisotopic (exact) mass is 305 g/mol. The molecule has 0 amide bonds. The molecule has 1 N–H and O–H groups in total. The van der Waals surface area contributed by atoms with Crippen molar-refractivity contribution in [2.75, 3.05) is 6.54 Å². The predicted octanol–water partition coefficient (Wildman–Crippen LogP) is 4.18. The first kappa shape index (κ1) is 16.1. The van der Waals surface area contributed by atoms with Gasteiger partial charge < -0.3 is 5.32 Å². The van der Waals surface area contributed by atoms with Gasteiger partial charge in [0.1, 0.15) is 0 Å². The quantitative estimate of drug-likeness (QED) is 0.867. The zero-order valence-corrected chi connectivity index (χ0v) is 14.0. The third kappa shape index (κ3) is 3.14. The van der Waals surface area contributed by atoms with Crippen LogP contribution >= 0.6 is 11.6 Å². The summed E-state index contributed by atoms with van der Waals surface area (Å²) in [6, 6.07) is 10.7. The highest BCUT2D eigenvalue weighted by atomic mass is 35.5. The maximum Gasteiger partial charge on any atom is 0.0834 e. The topological polar surface area (TPSA) is 29.9 Å². The van der Waals surface area contributed by atoms with E-state index in [1.165, 1.54) is 5.56 Å². The SMILES string of the molecule is CCNC(c1c(Cl)cnn1CC)C(C)(C)c1ccccc1. The summed E-state index contributed by atoms with van der Waals surface area (Å²) in [5, 5.41) is 8.71. The lowest BCUT2D eigenvalue weighted by Gasteiger charge is -2.36. The van der Waals surface area contributed by atoms with E-state index in [-0.39, 0.29) is 11.5 Å². The van der Waals surface area contributed by atoms with Gasteiger partial charge >= 0.3 is 0 Å². The Labute approximate surface area is 132 Å². The van der Waals surface area contributed by atoms with Gasteiger partial charge in [0.25, 0.3) is 0 Å². The van der Waals surface area contributed by atoms with Crippen LogP contribution < -0.4 is 5.32 Å². The van der Waals surface area contributed by atoms with E-state index < -0.39 is 0 Å². The third-order valence-corrected chi connectivity index (χ3v) is 4.35. The molecule has 0 aliphatic carbocycles. The van der Waals surface area contributed by atoms with Gasteiger partial charge in [-0.2, -0.15) is 5.10 Å². The van der Waals surface area contributed by atoms with Crippen molar-refractivity contribution < 1.29 is 0 Å². The van der Waals surface area contributed by atoms with Crippen LogP contribution in [0.1, 0.15) is 45.0 Å². The lowest BCUT2D eigenvalue weighted by atomic mass is 9.76. The van der Waals surface area contributed by atoms with E-state index in [2.05, 4.69) is 62.4 Å². The molecule has 2 aromatic rings. The molecule has 4 heteroatoms. The first-order chi connectivity index (χ1) is 10.0. The molecule has 114 valence electrons. The Morgan fingerprint density at radius 3 is 2.48 bits per heavy atom. The van der Waals surface area contributed by atoms with Gasteiger partial charge in [0.2, 0.25) is 0 Å². The molecule has 21 heavy (non-hydrogen) atoms. The molecule has 0 bridgehead atoms. The number of aryl methyl sites for hydroxylation is 1. The molecule has 2 rings (SSSR count). The summed E-state index contributed by atoms with van der Waals surface area (Å²) >= 11 is 6.42. The molecular weight excluding hydrogens is 282 g/mol. The molecule has 0 aliphatic heterocycles. The van der Waals surface area contributed by atoms with E-state index in [0.717, 1.165) is 23.8 Å². The van der Waals surface area contributed by atoms with Crippen LogP contribution in [0.5, 0.6) is 0 Å². The second kappa shape index (κ2) is 6.63. The molecule has 0 spiro atoms. The summed E-state index contributed by atoms with van der Waals surface area (Å²) < 4.78 is 1.99. The fourth-order valence-corrected chi connectivity index (χ4v) is 3.09. The number of aromatic nitrogens is 2. The van der Waals surface area contributed by atoms with Crippen molar-refractivity contribution in [2.45, 2.75) is 45.7 Å². The molecule has 1 unspecified atom stereocenters. The third-order valence-electron chi connectivity index (χ3n) is 4.05. The van der Waals surface area contributed by atoms with Crippen LogP contribution in [0.25, 0.3) is 0 Å². The Kier molecular flexibility index (Phi) is 5.07. The zero-order valence-electron chi connectivity index (χ0n) is 13.2. The molecule has 0 saturated heterocycles. The molecule has 0 saturated carbocycles. The standard InChI is InChI=1S/C17H24ClN3/c1-5-19-16(15-14(18)12-20-21(15)6-2)17(3,4)13-10-8-7-9-11-13/h7-12,16,19H,5-6H2,1-4H3. The smallest absolute Gasteiger partial charge is 0.0834 e. The van der Waals surface area contributed by atoms with E-state index in [1.54, 1.807) is 6.20 Å². The molecule has 1 aromatic carbocycles. The van der Waals surface area contributed by atoms with Gasteiger partial charge in [-0.1, -0.05) is 62.7 Å². The minimum Gasteiger partial charge on any atom is -0.308 e. The first-order valence-corrected chi connectivity index (χ1v) is 7.90. The second-order valence-corrected chi connectivity index (χ2v) is 6.18. The molecule has 0 fully saturated rings. The maximum atomic E-state index is 6.42. The Morgan fingerprint density at radius 1 is 1.24 bits per heavy atom. The van der Waals surface area contributed by atoms with Crippen molar-refractivity contribution in [2.24, 2.45) is 0 Å². The van der Waals surface area contributed by atoms with E-state index in [4.69, 9.17) is 11.6 Å². The summed E-state index contributed by atoms with van der Waals surface area (Å²) in [6.07, 6.45) is 1.74. The van der Waals surface area contributed by atoms with Crippen LogP contribution in [0.3, 0.4) is 0 Å². The highest BCUT2D eigenvalue weighted by Crippen LogP contribution is 2.39. The average Bonchev–Trinajstić information content (AvgIpc) is 2.86. The van der Waals surface area contributed by atoms with Crippen LogP contribution in [0, 0.1) is 0 Å². The number of rotatable bonds is 6. The van der Waals surface area contributed by atoms with Gasteiger partial charge in [-0.3, -0.25) is 4.68 Å². The van der Waals surface area contributed by atoms with Crippen molar-refractivity contribution in [3.05, 3.63) is 52.8 Å². The Hall–Kier alpha value is -1.32. The van der Waals surface area contributed by atoms with E-state index in [0.29, 0.717) is 0 Å². The van der Waals surface area contributed by atoms with Crippen LogP contribution in [0.2, 0.25) is 5.02 Å². The Morgan fingerprint density at radius 2 is 1.90 bits per heavy atom. The van der Waals surface area contributed by atoms with Gasteiger partial charge in [-0.25, -0.2) is 0 Å². The lowest BCUT2D eigenvalue weighted by Crippen LogP contribution is -2.39. The summed E-state index contributed by atoms with van der Waals surface area (Å²) in [5.41, 5.74) is 2.26. The van der Waals surface area contributed by atoms with Gasteiger partial charge in [-0.05, 0) is 19.0 Å². The summed E-state index contributed by atoms with van der Waals surface area (Å²) in [4.78, 5) is 0. The fourth-order valence-electron chi connectivity index (χ4n) is 2.84. The van der Waals surface area contributed by atoms with Crippen molar-refractivity contribution in [1.82, 2.24) is 15.1 Å². The van der Waals surface area contributed by atoms with Crippen molar-refractivity contribution in [3.8, 4) is 0 Å². The fraction of sp³-hybridized carbons (Fsp3) is 0.471.